The van der Waals surface area contributed by atoms with Crippen molar-refractivity contribution in [2.45, 2.75) is 13.5 Å². The van der Waals surface area contributed by atoms with Crippen LogP contribution in [0.2, 0.25) is 10.0 Å². The van der Waals surface area contributed by atoms with Crippen LogP contribution < -0.4 is 4.90 Å². The van der Waals surface area contributed by atoms with Crippen LogP contribution in [0.3, 0.4) is 0 Å². The van der Waals surface area contributed by atoms with Crippen LogP contribution in [-0.4, -0.2) is 16.9 Å². The molecule has 5 nitrogen and oxygen atoms in total. The van der Waals surface area contributed by atoms with Crippen molar-refractivity contribution in [1.82, 2.24) is 4.98 Å². The maximum atomic E-state index is 12.1. The average molecular weight is 447 g/mol. The molecule has 148 valence electrons. The Kier molecular flexibility index (Phi) is 7.04. The molecule has 1 aromatic heterocycles. The van der Waals surface area contributed by atoms with Crippen molar-refractivity contribution >= 4 is 63.3 Å². The van der Waals surface area contributed by atoms with Crippen molar-refractivity contribution in [1.29, 1.82) is 0 Å². The number of ether oxygens (including phenoxy) is 1. The second-order valence-electron chi connectivity index (χ2n) is 5.95. The van der Waals surface area contributed by atoms with E-state index in [-0.39, 0.29) is 12.5 Å². The van der Waals surface area contributed by atoms with Gasteiger partial charge < -0.3 is 4.74 Å². The standard InChI is InChI=1S/C21H16Cl2N2O3S/c1-14(26)25(19-4-2-3-17(23)11-19)21-24-18(13-29-21)12-28-20(27)10-7-15-5-8-16(22)9-6-15/h2-11,13H,12H2,1H3/b10-7+. The SMILES string of the molecule is CC(=O)N(c1cccc(Cl)c1)c1nc(COC(=O)/C=C/c2ccc(Cl)cc2)cs1. The zero-order valence-electron chi connectivity index (χ0n) is 15.3. The molecule has 0 aliphatic heterocycles. The van der Waals surface area contributed by atoms with Gasteiger partial charge >= 0.3 is 5.97 Å². The lowest BCUT2D eigenvalue weighted by molar-refractivity contribution is -0.139. The summed E-state index contributed by atoms with van der Waals surface area (Å²) in [5, 5.41) is 3.36. The van der Waals surface area contributed by atoms with E-state index in [1.165, 1.54) is 29.2 Å². The molecule has 1 heterocycles. The zero-order valence-corrected chi connectivity index (χ0v) is 17.7. The zero-order chi connectivity index (χ0) is 20.8. The average Bonchev–Trinajstić information content (AvgIpc) is 3.14. The molecule has 0 saturated heterocycles. The first-order valence-corrected chi connectivity index (χ1v) is 10.2. The number of benzene rings is 2. The summed E-state index contributed by atoms with van der Waals surface area (Å²) < 4.78 is 5.22. The van der Waals surface area contributed by atoms with E-state index in [9.17, 15) is 9.59 Å². The van der Waals surface area contributed by atoms with Crippen LogP contribution in [-0.2, 0) is 20.9 Å². The molecule has 0 saturated carbocycles. The van der Waals surface area contributed by atoms with E-state index in [1.807, 2.05) is 0 Å². The first-order valence-electron chi connectivity index (χ1n) is 8.53. The second-order valence-corrected chi connectivity index (χ2v) is 7.66. The monoisotopic (exact) mass is 446 g/mol. The summed E-state index contributed by atoms with van der Waals surface area (Å²) in [5.41, 5.74) is 2.00. The molecule has 3 aromatic rings. The molecule has 0 atom stereocenters. The van der Waals surface area contributed by atoms with Crippen molar-refractivity contribution in [3.63, 3.8) is 0 Å². The highest BCUT2D eigenvalue weighted by Gasteiger charge is 2.18. The van der Waals surface area contributed by atoms with E-state index in [2.05, 4.69) is 4.98 Å². The van der Waals surface area contributed by atoms with Crippen LogP contribution in [0.4, 0.5) is 10.8 Å². The fraction of sp³-hybridized carbons (Fsp3) is 0.0952. The molecule has 0 fully saturated rings. The van der Waals surface area contributed by atoms with Crippen LogP contribution in [0.5, 0.6) is 0 Å². The number of hydrogen-bond acceptors (Lipinski definition) is 5. The Balaban J connectivity index is 1.64. The van der Waals surface area contributed by atoms with Gasteiger partial charge in [0.25, 0.3) is 0 Å². The summed E-state index contributed by atoms with van der Waals surface area (Å²) in [4.78, 5) is 29.9. The lowest BCUT2D eigenvalue weighted by Gasteiger charge is -2.18. The van der Waals surface area contributed by atoms with E-state index >= 15 is 0 Å². The van der Waals surface area contributed by atoms with E-state index in [0.717, 1.165) is 5.56 Å². The van der Waals surface area contributed by atoms with E-state index in [0.29, 0.717) is 26.6 Å². The number of aromatic nitrogens is 1. The predicted molar refractivity (Wildman–Crippen MR) is 117 cm³/mol. The normalized spacial score (nSPS) is 10.9. The molecule has 1 amide bonds. The Morgan fingerprint density at radius 3 is 2.59 bits per heavy atom. The quantitative estimate of drug-likeness (QED) is 0.349. The Labute approximate surface area is 182 Å². The molecular weight excluding hydrogens is 431 g/mol. The molecule has 0 spiro atoms. The van der Waals surface area contributed by atoms with Crippen LogP contribution in [0.25, 0.3) is 6.08 Å². The largest absolute Gasteiger partial charge is 0.456 e. The summed E-state index contributed by atoms with van der Waals surface area (Å²) in [6.07, 6.45) is 2.98. The van der Waals surface area contributed by atoms with Crippen molar-refractivity contribution in [2.75, 3.05) is 4.90 Å². The minimum absolute atomic E-state index is 0.00157. The summed E-state index contributed by atoms with van der Waals surface area (Å²) in [7, 11) is 0. The number of amides is 1. The Bertz CT molecular complexity index is 1050. The third kappa shape index (κ3) is 5.90. The third-order valence-electron chi connectivity index (χ3n) is 3.76. The van der Waals surface area contributed by atoms with Gasteiger partial charge in [0.15, 0.2) is 5.13 Å². The lowest BCUT2D eigenvalue weighted by atomic mass is 10.2. The number of nitrogens with zero attached hydrogens (tertiary/aromatic N) is 2. The topological polar surface area (TPSA) is 59.5 Å². The molecular formula is C21H16Cl2N2O3S. The molecule has 0 unspecified atom stereocenters. The first kappa shape index (κ1) is 21.0. The number of carbonyl (C=O) groups is 2. The van der Waals surface area contributed by atoms with Gasteiger partial charge in [-0.2, -0.15) is 0 Å². The number of halogens is 2. The molecule has 3 rings (SSSR count). The summed E-state index contributed by atoms with van der Waals surface area (Å²) >= 11 is 13.1. The van der Waals surface area contributed by atoms with Crippen molar-refractivity contribution in [3.8, 4) is 0 Å². The molecule has 8 heteroatoms. The maximum absolute atomic E-state index is 12.1. The summed E-state index contributed by atoms with van der Waals surface area (Å²) in [5.74, 6) is -0.691. The van der Waals surface area contributed by atoms with Crippen LogP contribution in [0, 0.1) is 0 Å². The fourth-order valence-corrected chi connectivity index (χ4v) is 3.62. The van der Waals surface area contributed by atoms with Crippen LogP contribution in [0.15, 0.2) is 60.0 Å². The molecule has 0 aliphatic rings. The van der Waals surface area contributed by atoms with Crippen LogP contribution in [0.1, 0.15) is 18.2 Å². The van der Waals surface area contributed by atoms with Gasteiger partial charge in [-0.3, -0.25) is 9.69 Å². The van der Waals surface area contributed by atoms with E-state index < -0.39 is 5.97 Å². The summed E-state index contributed by atoms with van der Waals surface area (Å²) in [6, 6.07) is 14.0. The Hall–Kier alpha value is -2.67. The van der Waals surface area contributed by atoms with Gasteiger partial charge in [-0.25, -0.2) is 9.78 Å². The van der Waals surface area contributed by atoms with Crippen molar-refractivity contribution < 1.29 is 14.3 Å². The molecule has 29 heavy (non-hydrogen) atoms. The first-order chi connectivity index (χ1) is 13.9. The number of rotatable bonds is 6. The fourth-order valence-electron chi connectivity index (χ4n) is 2.44. The van der Waals surface area contributed by atoms with Gasteiger partial charge in [-0.1, -0.05) is 41.4 Å². The van der Waals surface area contributed by atoms with Gasteiger partial charge in [-0.05, 0) is 42.0 Å². The number of thiazole rings is 1. The molecule has 0 aliphatic carbocycles. The van der Waals surface area contributed by atoms with Crippen molar-refractivity contribution in [3.05, 3.63) is 81.3 Å². The van der Waals surface area contributed by atoms with Gasteiger partial charge in [-0.15, -0.1) is 11.3 Å². The Morgan fingerprint density at radius 1 is 1.14 bits per heavy atom. The highest BCUT2D eigenvalue weighted by Crippen LogP contribution is 2.30. The van der Waals surface area contributed by atoms with Gasteiger partial charge in [0, 0.05) is 28.4 Å². The highest BCUT2D eigenvalue weighted by molar-refractivity contribution is 7.14. The van der Waals surface area contributed by atoms with E-state index in [4.69, 9.17) is 27.9 Å². The van der Waals surface area contributed by atoms with E-state index in [1.54, 1.807) is 60.0 Å². The van der Waals surface area contributed by atoms with Crippen LogP contribution >= 0.6 is 34.5 Å². The second kappa shape index (κ2) is 9.69. The number of hydrogen-bond donors (Lipinski definition) is 0. The molecule has 0 radical (unpaired) electrons. The minimum Gasteiger partial charge on any atom is -0.456 e. The molecule has 2 aromatic carbocycles. The Morgan fingerprint density at radius 2 is 1.90 bits per heavy atom. The summed E-state index contributed by atoms with van der Waals surface area (Å²) in [6.45, 7) is 1.45. The molecule has 0 bridgehead atoms. The smallest absolute Gasteiger partial charge is 0.331 e. The maximum Gasteiger partial charge on any atom is 0.331 e. The van der Waals surface area contributed by atoms with Crippen molar-refractivity contribution in [2.24, 2.45) is 0 Å². The van der Waals surface area contributed by atoms with Gasteiger partial charge in [0.1, 0.15) is 6.61 Å². The molecule has 0 N–H and O–H groups in total. The number of carbonyl (C=O) groups excluding carboxylic acids is 2. The lowest BCUT2D eigenvalue weighted by Crippen LogP contribution is -2.22. The van der Waals surface area contributed by atoms with Gasteiger partial charge in [0.2, 0.25) is 5.91 Å². The number of esters is 1. The predicted octanol–water partition coefficient (Wildman–Crippen LogP) is 5.89. The highest BCUT2D eigenvalue weighted by atomic mass is 35.5. The van der Waals surface area contributed by atoms with Gasteiger partial charge in [0.05, 0.1) is 11.4 Å². The minimum atomic E-state index is -0.493. The number of anilines is 2. The third-order valence-corrected chi connectivity index (χ3v) is 5.12.